The predicted octanol–water partition coefficient (Wildman–Crippen LogP) is 0.866. The highest BCUT2D eigenvalue weighted by molar-refractivity contribution is 6.07. The summed E-state index contributed by atoms with van der Waals surface area (Å²) >= 11 is 0. The topological polar surface area (TPSA) is 95.5 Å². The lowest BCUT2D eigenvalue weighted by Gasteiger charge is -2.26. The highest BCUT2D eigenvalue weighted by Gasteiger charge is 2.62. The van der Waals surface area contributed by atoms with Crippen LogP contribution >= 0.6 is 0 Å². The highest BCUT2D eigenvalue weighted by atomic mass is 16.4. The zero-order valence-corrected chi connectivity index (χ0v) is 10.4. The maximum atomic E-state index is 12.0. The minimum Gasteiger partial charge on any atom is -0.481 e. The van der Waals surface area contributed by atoms with Gasteiger partial charge in [0, 0.05) is 5.92 Å². The van der Waals surface area contributed by atoms with Crippen molar-refractivity contribution in [2.45, 2.75) is 44.6 Å². The number of carbonyl (C=O) groups excluding carboxylic acids is 2. The second kappa shape index (κ2) is 4.59. The van der Waals surface area contributed by atoms with Crippen molar-refractivity contribution >= 4 is 17.9 Å². The van der Waals surface area contributed by atoms with E-state index in [-0.39, 0.29) is 11.8 Å². The zero-order valence-electron chi connectivity index (χ0n) is 10.4. The molecule has 100 valence electrons. The molecule has 2 fully saturated rings. The summed E-state index contributed by atoms with van der Waals surface area (Å²) in [6, 6.07) is -0.507. The van der Waals surface area contributed by atoms with Crippen LogP contribution in [-0.2, 0) is 9.59 Å². The maximum absolute atomic E-state index is 12.0. The van der Waals surface area contributed by atoms with E-state index < -0.39 is 23.5 Å². The molecule has 0 radical (unpaired) electrons. The van der Waals surface area contributed by atoms with Crippen LogP contribution in [0.1, 0.15) is 39.0 Å². The predicted molar refractivity (Wildman–Crippen MR) is 62.8 cm³/mol. The van der Waals surface area contributed by atoms with Gasteiger partial charge in [0.15, 0.2) is 0 Å². The van der Waals surface area contributed by atoms with Crippen LogP contribution in [0.4, 0.5) is 4.79 Å². The van der Waals surface area contributed by atoms with Crippen molar-refractivity contribution in [3.63, 3.8) is 0 Å². The second-order valence-corrected chi connectivity index (χ2v) is 5.12. The molecule has 0 aromatic heterocycles. The molecule has 2 aliphatic rings. The van der Waals surface area contributed by atoms with Crippen molar-refractivity contribution in [2.75, 3.05) is 0 Å². The molecule has 0 aromatic rings. The van der Waals surface area contributed by atoms with Crippen LogP contribution < -0.4 is 10.6 Å². The Bertz CT molecular complexity index is 396. The molecule has 0 bridgehead atoms. The van der Waals surface area contributed by atoms with Crippen LogP contribution in [0.25, 0.3) is 0 Å². The maximum Gasteiger partial charge on any atom is 0.322 e. The molecule has 1 saturated carbocycles. The highest BCUT2D eigenvalue weighted by Crippen LogP contribution is 2.49. The standard InChI is InChI=1S/C12H18N2O4/c1-2-3-4-5-12(8-6-7(8)9(15)16)10(17)13-11(18)14-12/h7-8H,2-6H2,1H3,(H,15,16)(H2,13,14,17,18)/t7-,8-,12?/m0/s1. The number of imide groups is 1. The summed E-state index contributed by atoms with van der Waals surface area (Å²) in [7, 11) is 0. The molecule has 1 aliphatic heterocycles. The first-order valence-electron chi connectivity index (χ1n) is 6.37. The third kappa shape index (κ3) is 2.07. The van der Waals surface area contributed by atoms with Crippen molar-refractivity contribution in [3.8, 4) is 0 Å². The number of rotatable bonds is 6. The third-order valence-corrected chi connectivity index (χ3v) is 3.88. The fourth-order valence-electron chi connectivity index (χ4n) is 2.79. The Labute approximate surface area is 105 Å². The van der Waals surface area contributed by atoms with E-state index in [1.165, 1.54) is 0 Å². The first-order chi connectivity index (χ1) is 8.51. The fraction of sp³-hybridized carbons (Fsp3) is 0.750. The van der Waals surface area contributed by atoms with Crippen molar-refractivity contribution in [2.24, 2.45) is 11.8 Å². The number of hydrogen-bond acceptors (Lipinski definition) is 3. The number of unbranched alkanes of at least 4 members (excludes halogenated alkanes) is 2. The normalized spacial score (nSPS) is 34.1. The number of nitrogens with one attached hydrogen (secondary N) is 2. The van der Waals surface area contributed by atoms with E-state index in [1.807, 2.05) is 0 Å². The number of amides is 3. The van der Waals surface area contributed by atoms with Crippen LogP contribution in [0.2, 0.25) is 0 Å². The van der Waals surface area contributed by atoms with Gasteiger partial charge in [0.1, 0.15) is 5.54 Å². The molecule has 1 unspecified atom stereocenters. The van der Waals surface area contributed by atoms with Crippen LogP contribution in [0.15, 0.2) is 0 Å². The van der Waals surface area contributed by atoms with E-state index in [9.17, 15) is 14.4 Å². The summed E-state index contributed by atoms with van der Waals surface area (Å²) in [5.41, 5.74) is -0.991. The van der Waals surface area contributed by atoms with Crippen LogP contribution in [0.5, 0.6) is 0 Å². The van der Waals surface area contributed by atoms with Crippen LogP contribution in [0, 0.1) is 11.8 Å². The Morgan fingerprint density at radius 3 is 2.61 bits per heavy atom. The average molecular weight is 254 g/mol. The number of carbonyl (C=O) groups is 3. The van der Waals surface area contributed by atoms with E-state index in [1.54, 1.807) is 0 Å². The second-order valence-electron chi connectivity index (χ2n) is 5.12. The Morgan fingerprint density at radius 1 is 1.44 bits per heavy atom. The Balaban J connectivity index is 2.11. The largest absolute Gasteiger partial charge is 0.481 e. The van der Waals surface area contributed by atoms with E-state index >= 15 is 0 Å². The van der Waals surface area contributed by atoms with Crippen LogP contribution in [0.3, 0.4) is 0 Å². The van der Waals surface area contributed by atoms with Gasteiger partial charge in [0.25, 0.3) is 5.91 Å². The average Bonchev–Trinajstić information content (AvgIpc) is 3.03. The van der Waals surface area contributed by atoms with Gasteiger partial charge in [-0.25, -0.2) is 4.79 Å². The quantitative estimate of drug-likeness (QED) is 0.484. The van der Waals surface area contributed by atoms with E-state index in [0.717, 1.165) is 19.3 Å². The summed E-state index contributed by atoms with van der Waals surface area (Å²) in [5, 5.41) is 13.9. The molecule has 0 spiro atoms. The summed E-state index contributed by atoms with van der Waals surface area (Å²) in [5.74, 6) is -2.02. The van der Waals surface area contributed by atoms with Crippen molar-refractivity contribution in [1.29, 1.82) is 0 Å². The molecule has 1 heterocycles. The molecule has 6 nitrogen and oxygen atoms in total. The van der Waals surface area contributed by atoms with Gasteiger partial charge in [-0.05, 0) is 12.8 Å². The van der Waals surface area contributed by atoms with Crippen molar-refractivity contribution in [1.82, 2.24) is 10.6 Å². The minimum atomic E-state index is -0.991. The number of hydrogen-bond donors (Lipinski definition) is 3. The van der Waals surface area contributed by atoms with Gasteiger partial charge in [0.05, 0.1) is 5.92 Å². The van der Waals surface area contributed by atoms with Crippen molar-refractivity contribution < 1.29 is 19.5 Å². The van der Waals surface area contributed by atoms with E-state index in [0.29, 0.717) is 12.8 Å². The zero-order chi connectivity index (χ0) is 13.3. The molecule has 3 atom stereocenters. The van der Waals surface area contributed by atoms with E-state index in [2.05, 4.69) is 17.6 Å². The molecule has 1 aliphatic carbocycles. The third-order valence-electron chi connectivity index (χ3n) is 3.88. The monoisotopic (exact) mass is 254 g/mol. The molecule has 2 rings (SSSR count). The fourth-order valence-corrected chi connectivity index (χ4v) is 2.79. The number of aliphatic carboxylic acids is 1. The smallest absolute Gasteiger partial charge is 0.322 e. The summed E-state index contributed by atoms with van der Waals surface area (Å²) in [6.07, 6.45) is 3.78. The molecule has 1 saturated heterocycles. The minimum absolute atomic E-state index is 0.265. The van der Waals surface area contributed by atoms with Crippen LogP contribution in [-0.4, -0.2) is 28.6 Å². The summed E-state index contributed by atoms with van der Waals surface area (Å²) < 4.78 is 0. The Morgan fingerprint density at radius 2 is 2.17 bits per heavy atom. The van der Waals surface area contributed by atoms with Gasteiger partial charge in [-0.3, -0.25) is 14.9 Å². The molecule has 3 amide bonds. The van der Waals surface area contributed by atoms with Gasteiger partial charge in [-0.1, -0.05) is 26.2 Å². The first-order valence-corrected chi connectivity index (χ1v) is 6.37. The summed E-state index contributed by atoms with van der Waals surface area (Å²) in [6.45, 7) is 2.05. The lowest BCUT2D eigenvalue weighted by atomic mass is 9.86. The number of carboxylic acids is 1. The number of carboxylic acid groups (broad SMARTS) is 1. The molecular formula is C12H18N2O4. The molecular weight excluding hydrogens is 236 g/mol. The Kier molecular flexibility index (Phi) is 3.28. The van der Waals surface area contributed by atoms with Gasteiger partial charge in [0.2, 0.25) is 0 Å². The van der Waals surface area contributed by atoms with Gasteiger partial charge < -0.3 is 10.4 Å². The number of urea groups is 1. The van der Waals surface area contributed by atoms with Gasteiger partial charge in [-0.15, -0.1) is 0 Å². The lowest BCUT2D eigenvalue weighted by molar-refractivity contribution is -0.139. The Hall–Kier alpha value is -1.59. The van der Waals surface area contributed by atoms with E-state index in [4.69, 9.17) is 5.11 Å². The van der Waals surface area contributed by atoms with Crippen molar-refractivity contribution in [3.05, 3.63) is 0 Å². The first kappa shape index (κ1) is 12.9. The lowest BCUT2D eigenvalue weighted by Crippen LogP contribution is -2.49. The molecule has 6 heteroatoms. The molecule has 0 aromatic carbocycles. The molecule has 18 heavy (non-hydrogen) atoms. The van der Waals surface area contributed by atoms with Gasteiger partial charge in [-0.2, -0.15) is 0 Å². The van der Waals surface area contributed by atoms with Gasteiger partial charge >= 0.3 is 12.0 Å². The summed E-state index contributed by atoms with van der Waals surface area (Å²) in [4.78, 5) is 34.2. The SMILES string of the molecule is CCCCCC1([C@H]2C[C@@H]2C(=O)O)NC(=O)NC1=O. The molecule has 3 N–H and O–H groups in total.